The van der Waals surface area contributed by atoms with Crippen molar-refractivity contribution < 1.29 is 13.9 Å². The summed E-state index contributed by atoms with van der Waals surface area (Å²) in [6.45, 7) is 0. The number of hydrogen-bond donors (Lipinski definition) is 2. The highest BCUT2D eigenvalue weighted by Gasteiger charge is 2.30. The van der Waals surface area contributed by atoms with Gasteiger partial charge < -0.3 is 10.8 Å². The van der Waals surface area contributed by atoms with Gasteiger partial charge in [0.2, 0.25) is 0 Å². The number of fused-ring (bicyclic) bond motifs is 1. The number of aliphatic hydroxyl groups excluding tert-OH is 1. The van der Waals surface area contributed by atoms with Crippen molar-refractivity contribution in [3.05, 3.63) is 34.9 Å². The minimum Gasteiger partial charge on any atom is -0.391 e. The molecule has 1 aromatic rings. The molecule has 0 aromatic heterocycles. The van der Waals surface area contributed by atoms with E-state index in [9.17, 15) is 13.9 Å². The first-order valence-electron chi connectivity index (χ1n) is 4.01. The highest BCUT2D eigenvalue weighted by Crippen LogP contribution is 2.31. The summed E-state index contributed by atoms with van der Waals surface area (Å²) in [6, 6.07) is 1.32. The largest absolute Gasteiger partial charge is 0.391 e. The Balaban J connectivity index is 2.57. The summed E-state index contributed by atoms with van der Waals surface area (Å²) in [6.07, 6.45) is -0.630. The van der Waals surface area contributed by atoms with Gasteiger partial charge in [-0.05, 0) is 17.2 Å². The third-order valence-corrected chi connectivity index (χ3v) is 2.38. The topological polar surface area (TPSA) is 46.2 Å². The molecule has 0 radical (unpaired) electrons. The molecule has 2 rings (SSSR count). The summed E-state index contributed by atoms with van der Waals surface area (Å²) in [7, 11) is 0. The van der Waals surface area contributed by atoms with E-state index in [1.165, 1.54) is 6.07 Å². The first-order valence-corrected chi connectivity index (χ1v) is 4.01. The van der Waals surface area contributed by atoms with E-state index in [0.717, 1.165) is 6.07 Å². The Bertz CT molecular complexity index is 354. The summed E-state index contributed by atoms with van der Waals surface area (Å²) >= 11 is 0. The first kappa shape index (κ1) is 8.59. The molecule has 1 aliphatic carbocycles. The van der Waals surface area contributed by atoms with Crippen LogP contribution in [0.2, 0.25) is 0 Å². The predicted octanol–water partition coefficient (Wildman–Crippen LogP) is 0.882. The van der Waals surface area contributed by atoms with Gasteiger partial charge in [-0.25, -0.2) is 8.78 Å². The maximum Gasteiger partial charge on any atom is 0.129 e. The molecule has 2 atom stereocenters. The van der Waals surface area contributed by atoms with Crippen molar-refractivity contribution in [2.75, 3.05) is 0 Å². The van der Waals surface area contributed by atoms with E-state index in [1.54, 1.807) is 0 Å². The van der Waals surface area contributed by atoms with Crippen molar-refractivity contribution in [1.82, 2.24) is 0 Å². The van der Waals surface area contributed by atoms with Gasteiger partial charge in [0, 0.05) is 12.5 Å². The standard InChI is InChI=1S/C9H9F2NO/c10-4-1-6-5(7(11)2-4)3-8(13)9(6)12/h1-2,8-9,13H,3,12H2/t8-,9+/m0/s1. The molecule has 0 saturated heterocycles. The fourth-order valence-electron chi connectivity index (χ4n) is 1.68. The van der Waals surface area contributed by atoms with Crippen LogP contribution in [0.5, 0.6) is 0 Å². The van der Waals surface area contributed by atoms with E-state index in [4.69, 9.17) is 5.73 Å². The van der Waals surface area contributed by atoms with Crippen molar-refractivity contribution >= 4 is 0 Å². The fourth-order valence-corrected chi connectivity index (χ4v) is 1.68. The number of hydrogen-bond acceptors (Lipinski definition) is 2. The maximum atomic E-state index is 13.1. The highest BCUT2D eigenvalue weighted by molar-refractivity contribution is 5.37. The summed E-state index contributed by atoms with van der Waals surface area (Å²) in [5.74, 6) is -1.28. The quantitative estimate of drug-likeness (QED) is 0.630. The van der Waals surface area contributed by atoms with Crippen LogP contribution in [0.25, 0.3) is 0 Å². The van der Waals surface area contributed by atoms with Crippen molar-refractivity contribution in [3.8, 4) is 0 Å². The molecule has 0 amide bonds. The lowest BCUT2D eigenvalue weighted by Gasteiger charge is -2.08. The van der Waals surface area contributed by atoms with Crippen LogP contribution in [-0.2, 0) is 6.42 Å². The van der Waals surface area contributed by atoms with Gasteiger partial charge in [0.25, 0.3) is 0 Å². The second-order valence-electron chi connectivity index (χ2n) is 3.25. The average Bonchev–Trinajstić information content (AvgIpc) is 2.32. The molecule has 0 bridgehead atoms. The molecule has 0 heterocycles. The van der Waals surface area contributed by atoms with Gasteiger partial charge in [-0.1, -0.05) is 0 Å². The number of benzene rings is 1. The van der Waals surface area contributed by atoms with Crippen LogP contribution in [0, 0.1) is 11.6 Å². The molecule has 0 fully saturated rings. The number of nitrogens with two attached hydrogens (primary N) is 1. The normalized spacial score (nSPS) is 26.2. The number of rotatable bonds is 0. The van der Waals surface area contributed by atoms with Gasteiger partial charge in [0.1, 0.15) is 11.6 Å². The molecule has 4 heteroatoms. The SMILES string of the molecule is N[C@@H]1c2cc(F)cc(F)c2C[C@@H]1O. The van der Waals surface area contributed by atoms with Gasteiger partial charge in [-0.3, -0.25) is 0 Å². The second-order valence-corrected chi connectivity index (χ2v) is 3.25. The summed E-state index contributed by atoms with van der Waals surface area (Å²) in [5.41, 5.74) is 6.26. The monoisotopic (exact) mass is 185 g/mol. The van der Waals surface area contributed by atoms with E-state index in [0.29, 0.717) is 11.1 Å². The van der Waals surface area contributed by atoms with E-state index in [1.807, 2.05) is 0 Å². The van der Waals surface area contributed by atoms with Crippen LogP contribution in [-0.4, -0.2) is 11.2 Å². The Labute approximate surface area is 74.0 Å². The van der Waals surface area contributed by atoms with Crippen LogP contribution >= 0.6 is 0 Å². The van der Waals surface area contributed by atoms with Crippen molar-refractivity contribution in [3.63, 3.8) is 0 Å². The first-order chi connectivity index (χ1) is 6.09. The predicted molar refractivity (Wildman–Crippen MR) is 43.0 cm³/mol. The Morgan fingerprint density at radius 3 is 2.77 bits per heavy atom. The fraction of sp³-hybridized carbons (Fsp3) is 0.333. The molecular formula is C9H9F2NO. The van der Waals surface area contributed by atoms with Crippen molar-refractivity contribution in [1.29, 1.82) is 0 Å². The van der Waals surface area contributed by atoms with Crippen LogP contribution in [0.1, 0.15) is 17.2 Å². The Morgan fingerprint density at radius 2 is 2.08 bits per heavy atom. The van der Waals surface area contributed by atoms with Crippen LogP contribution in [0.3, 0.4) is 0 Å². The summed E-state index contributed by atoms with van der Waals surface area (Å²) < 4.78 is 25.8. The Morgan fingerprint density at radius 1 is 1.38 bits per heavy atom. The van der Waals surface area contributed by atoms with Gasteiger partial charge in [0.15, 0.2) is 0 Å². The molecule has 0 spiro atoms. The second kappa shape index (κ2) is 2.75. The molecule has 70 valence electrons. The smallest absolute Gasteiger partial charge is 0.129 e. The average molecular weight is 185 g/mol. The highest BCUT2D eigenvalue weighted by atomic mass is 19.1. The molecule has 0 unspecified atom stereocenters. The van der Waals surface area contributed by atoms with E-state index in [2.05, 4.69) is 0 Å². The van der Waals surface area contributed by atoms with Gasteiger partial charge >= 0.3 is 0 Å². The third kappa shape index (κ3) is 1.22. The lowest BCUT2D eigenvalue weighted by molar-refractivity contribution is 0.158. The van der Waals surface area contributed by atoms with Gasteiger partial charge in [-0.2, -0.15) is 0 Å². The van der Waals surface area contributed by atoms with Gasteiger partial charge in [-0.15, -0.1) is 0 Å². The lowest BCUT2D eigenvalue weighted by atomic mass is 10.1. The Kier molecular flexibility index (Phi) is 1.82. The zero-order valence-electron chi connectivity index (χ0n) is 6.80. The minimum atomic E-state index is -0.800. The van der Waals surface area contributed by atoms with Crippen LogP contribution in [0.15, 0.2) is 12.1 Å². The maximum absolute atomic E-state index is 13.1. The summed E-state index contributed by atoms with van der Waals surface area (Å²) in [4.78, 5) is 0. The zero-order chi connectivity index (χ0) is 9.59. The molecule has 1 aliphatic rings. The molecule has 0 saturated carbocycles. The molecule has 3 N–H and O–H groups in total. The number of halogens is 2. The number of aliphatic hydroxyl groups is 1. The molecule has 1 aromatic carbocycles. The van der Waals surface area contributed by atoms with Crippen LogP contribution < -0.4 is 5.73 Å². The van der Waals surface area contributed by atoms with Crippen molar-refractivity contribution in [2.45, 2.75) is 18.6 Å². The molecule has 13 heavy (non-hydrogen) atoms. The molecule has 2 nitrogen and oxygen atoms in total. The zero-order valence-corrected chi connectivity index (χ0v) is 6.80. The molecular weight excluding hydrogens is 176 g/mol. The third-order valence-electron chi connectivity index (χ3n) is 2.38. The molecule has 0 aliphatic heterocycles. The lowest BCUT2D eigenvalue weighted by Crippen LogP contribution is -2.21. The van der Waals surface area contributed by atoms with Crippen molar-refractivity contribution in [2.24, 2.45) is 5.73 Å². The minimum absolute atomic E-state index is 0.169. The van der Waals surface area contributed by atoms with E-state index < -0.39 is 23.8 Å². The van der Waals surface area contributed by atoms with E-state index >= 15 is 0 Å². The van der Waals surface area contributed by atoms with Gasteiger partial charge in [0.05, 0.1) is 12.1 Å². The van der Waals surface area contributed by atoms with E-state index in [-0.39, 0.29) is 6.42 Å². The Hall–Kier alpha value is -1.00. The summed E-state index contributed by atoms with van der Waals surface area (Å²) in [5, 5.41) is 9.32. The van der Waals surface area contributed by atoms with Crippen LogP contribution in [0.4, 0.5) is 8.78 Å².